The number of rotatable bonds is 33. The van der Waals surface area contributed by atoms with E-state index in [9.17, 15) is 0 Å². The molecule has 0 fully saturated rings. The molecule has 0 aromatic carbocycles. The highest BCUT2D eigenvalue weighted by atomic mass is 14.0. The fourth-order valence-electron chi connectivity index (χ4n) is 5.68. The largest absolute Gasteiger partial charge is 0.0885 e. The average molecular weight is 519 g/mol. The molecular formula is C37H74. The van der Waals surface area contributed by atoms with E-state index >= 15 is 0 Å². The van der Waals surface area contributed by atoms with Gasteiger partial charge in [0.2, 0.25) is 0 Å². The van der Waals surface area contributed by atoms with Gasteiger partial charge in [-0.25, -0.2) is 0 Å². The molecule has 0 unspecified atom stereocenters. The molecule has 0 saturated heterocycles. The lowest BCUT2D eigenvalue weighted by atomic mass is 10.0. The van der Waals surface area contributed by atoms with Crippen molar-refractivity contribution in [2.45, 2.75) is 226 Å². The summed E-state index contributed by atoms with van der Waals surface area (Å²) in [5.41, 5.74) is 0. The third-order valence-electron chi connectivity index (χ3n) is 8.37. The molecule has 0 amide bonds. The van der Waals surface area contributed by atoms with Crippen molar-refractivity contribution in [3.05, 3.63) is 12.2 Å². The van der Waals surface area contributed by atoms with Gasteiger partial charge < -0.3 is 0 Å². The van der Waals surface area contributed by atoms with Crippen molar-refractivity contribution in [2.24, 2.45) is 0 Å². The Labute approximate surface area is 237 Å². The van der Waals surface area contributed by atoms with Gasteiger partial charge in [-0.05, 0) is 25.7 Å². The number of hydrogen-bond donors (Lipinski definition) is 0. The van der Waals surface area contributed by atoms with E-state index in [2.05, 4.69) is 26.0 Å². The molecule has 0 bridgehead atoms. The second-order valence-electron chi connectivity index (χ2n) is 12.3. The van der Waals surface area contributed by atoms with E-state index in [0.29, 0.717) is 0 Å². The Balaban J connectivity index is 3.07. The zero-order valence-electron chi connectivity index (χ0n) is 26.5. The summed E-state index contributed by atoms with van der Waals surface area (Å²) >= 11 is 0. The fourth-order valence-corrected chi connectivity index (χ4v) is 5.68. The average Bonchev–Trinajstić information content (AvgIpc) is 2.91. The van der Waals surface area contributed by atoms with Gasteiger partial charge in [-0.3, -0.25) is 0 Å². The van der Waals surface area contributed by atoms with Crippen LogP contribution < -0.4 is 0 Å². The smallest absolute Gasteiger partial charge is 0.0351 e. The molecule has 0 heterocycles. The Hall–Kier alpha value is -0.260. The lowest BCUT2D eigenvalue weighted by Crippen LogP contribution is -1.84. The van der Waals surface area contributed by atoms with E-state index in [1.54, 1.807) is 0 Å². The lowest BCUT2D eigenvalue weighted by molar-refractivity contribution is 0.527. The van der Waals surface area contributed by atoms with Gasteiger partial charge in [-0.1, -0.05) is 212 Å². The third kappa shape index (κ3) is 35.7. The van der Waals surface area contributed by atoms with Crippen molar-refractivity contribution in [1.82, 2.24) is 0 Å². The highest BCUT2D eigenvalue weighted by Crippen LogP contribution is 2.15. The summed E-state index contributed by atoms with van der Waals surface area (Å²) in [5, 5.41) is 0. The molecule has 0 aliphatic carbocycles. The van der Waals surface area contributed by atoms with Gasteiger partial charge in [0, 0.05) is 0 Å². The first-order valence-corrected chi connectivity index (χ1v) is 18.1. The zero-order chi connectivity index (χ0) is 26.7. The van der Waals surface area contributed by atoms with Gasteiger partial charge in [0.15, 0.2) is 0 Å². The first-order chi connectivity index (χ1) is 18.4. The van der Waals surface area contributed by atoms with E-state index < -0.39 is 0 Å². The van der Waals surface area contributed by atoms with Crippen molar-refractivity contribution >= 4 is 0 Å². The van der Waals surface area contributed by atoms with E-state index in [1.165, 1.54) is 212 Å². The normalized spacial score (nSPS) is 11.7. The maximum atomic E-state index is 2.47. The Morgan fingerprint density at radius 2 is 0.378 bits per heavy atom. The Kier molecular flexibility index (Phi) is 35.5. The summed E-state index contributed by atoms with van der Waals surface area (Å²) in [7, 11) is 0. The topological polar surface area (TPSA) is 0 Å². The van der Waals surface area contributed by atoms with Crippen LogP contribution in [-0.4, -0.2) is 0 Å². The van der Waals surface area contributed by atoms with Crippen LogP contribution in [0.15, 0.2) is 12.2 Å². The van der Waals surface area contributed by atoms with E-state index in [4.69, 9.17) is 0 Å². The fraction of sp³-hybridized carbons (Fsp3) is 0.946. The Morgan fingerprint density at radius 3 is 0.568 bits per heavy atom. The highest BCUT2D eigenvalue weighted by molar-refractivity contribution is 4.81. The van der Waals surface area contributed by atoms with Crippen LogP contribution in [0.4, 0.5) is 0 Å². The molecular weight excluding hydrogens is 444 g/mol. The van der Waals surface area contributed by atoms with E-state index in [0.717, 1.165) is 0 Å². The number of unbranched alkanes of at least 4 members (excludes halogenated alkanes) is 31. The van der Waals surface area contributed by atoms with Crippen LogP contribution in [0, 0.1) is 0 Å². The summed E-state index contributed by atoms with van der Waals surface area (Å²) in [5.74, 6) is 0. The minimum Gasteiger partial charge on any atom is -0.0885 e. The first-order valence-electron chi connectivity index (χ1n) is 18.1. The van der Waals surface area contributed by atoms with Crippen molar-refractivity contribution in [2.75, 3.05) is 0 Å². The van der Waals surface area contributed by atoms with Crippen LogP contribution in [0.2, 0.25) is 0 Å². The molecule has 0 aromatic rings. The second-order valence-corrected chi connectivity index (χ2v) is 12.3. The van der Waals surface area contributed by atoms with Crippen LogP contribution in [0.1, 0.15) is 226 Å². The predicted molar refractivity (Wildman–Crippen MR) is 173 cm³/mol. The minimum atomic E-state index is 1.32. The second kappa shape index (κ2) is 35.7. The molecule has 0 rings (SSSR count). The summed E-state index contributed by atoms with van der Waals surface area (Å²) in [4.78, 5) is 0. The van der Waals surface area contributed by atoms with Crippen LogP contribution in [0.3, 0.4) is 0 Å². The number of allylic oxidation sites excluding steroid dienone is 2. The summed E-state index contributed by atoms with van der Waals surface area (Å²) in [6.07, 6.45) is 52.9. The van der Waals surface area contributed by atoms with Crippen molar-refractivity contribution in [3.8, 4) is 0 Å². The van der Waals surface area contributed by atoms with Crippen molar-refractivity contribution in [3.63, 3.8) is 0 Å². The standard InChI is InChI=1S/C37H74/c1-3-5-7-9-11-13-15-17-19-21-23-25-27-29-31-33-35-37-36-34-32-30-28-26-24-22-20-18-16-14-12-10-8-6-4-2/h33,35H,3-32,34,36-37H2,1-2H3. The lowest BCUT2D eigenvalue weighted by Gasteiger charge is -2.03. The molecule has 0 N–H and O–H groups in total. The van der Waals surface area contributed by atoms with Crippen LogP contribution in [0.25, 0.3) is 0 Å². The maximum Gasteiger partial charge on any atom is -0.0351 e. The summed E-state index contributed by atoms with van der Waals surface area (Å²) in [6.45, 7) is 4.61. The van der Waals surface area contributed by atoms with Crippen molar-refractivity contribution in [1.29, 1.82) is 0 Å². The minimum absolute atomic E-state index is 1.32. The molecule has 37 heavy (non-hydrogen) atoms. The molecule has 0 heteroatoms. The Bertz CT molecular complexity index is 395. The van der Waals surface area contributed by atoms with Crippen LogP contribution in [-0.2, 0) is 0 Å². The molecule has 222 valence electrons. The molecule has 0 radical (unpaired) electrons. The molecule has 0 aliphatic heterocycles. The molecule has 0 nitrogen and oxygen atoms in total. The highest BCUT2D eigenvalue weighted by Gasteiger charge is 1.96. The third-order valence-corrected chi connectivity index (χ3v) is 8.37. The van der Waals surface area contributed by atoms with Gasteiger partial charge in [-0.2, -0.15) is 0 Å². The monoisotopic (exact) mass is 519 g/mol. The zero-order valence-corrected chi connectivity index (χ0v) is 26.5. The summed E-state index contributed by atoms with van der Waals surface area (Å²) in [6, 6.07) is 0. The predicted octanol–water partition coefficient (Wildman–Crippen LogP) is 14.5. The van der Waals surface area contributed by atoms with E-state index in [-0.39, 0.29) is 0 Å². The van der Waals surface area contributed by atoms with Gasteiger partial charge in [-0.15, -0.1) is 0 Å². The molecule has 0 saturated carbocycles. The van der Waals surface area contributed by atoms with Crippen molar-refractivity contribution < 1.29 is 0 Å². The van der Waals surface area contributed by atoms with Gasteiger partial charge in [0.25, 0.3) is 0 Å². The van der Waals surface area contributed by atoms with Crippen LogP contribution >= 0.6 is 0 Å². The number of hydrogen-bond acceptors (Lipinski definition) is 0. The van der Waals surface area contributed by atoms with Gasteiger partial charge >= 0.3 is 0 Å². The van der Waals surface area contributed by atoms with Crippen LogP contribution in [0.5, 0.6) is 0 Å². The quantitative estimate of drug-likeness (QED) is 0.0598. The molecule has 0 aliphatic rings. The maximum absolute atomic E-state index is 2.47. The van der Waals surface area contributed by atoms with Gasteiger partial charge in [0.05, 0.1) is 0 Å². The molecule has 0 aromatic heterocycles. The molecule has 0 atom stereocenters. The Morgan fingerprint density at radius 1 is 0.216 bits per heavy atom. The van der Waals surface area contributed by atoms with E-state index in [1.807, 2.05) is 0 Å². The molecule has 0 spiro atoms. The first kappa shape index (κ1) is 36.7. The summed E-state index contributed by atoms with van der Waals surface area (Å²) < 4.78 is 0. The SMILES string of the molecule is CCCCCCCCCCCCCCCCC=CCCCCCCCCCCCCCCCCCCC. The van der Waals surface area contributed by atoms with Gasteiger partial charge in [0.1, 0.15) is 0 Å².